The molecular weight excluding hydrogens is 222 g/mol. The zero-order valence-corrected chi connectivity index (χ0v) is 11.1. The molecule has 2 aliphatic rings. The van der Waals surface area contributed by atoms with E-state index in [2.05, 4.69) is 17.0 Å². The average molecular weight is 245 g/mol. The molecule has 1 aliphatic heterocycles. The lowest BCUT2D eigenvalue weighted by Crippen LogP contribution is -2.47. The van der Waals surface area contributed by atoms with E-state index in [1.165, 1.54) is 63.7 Å². The van der Waals surface area contributed by atoms with Gasteiger partial charge in [0.2, 0.25) is 0 Å². The lowest BCUT2D eigenvalue weighted by molar-refractivity contribution is 0.122. The molecule has 1 N–H and O–H groups in total. The monoisotopic (exact) mass is 245 g/mol. The number of phenolic OH excluding ortho intramolecular Hbond substituents is 1. The van der Waals surface area contributed by atoms with Gasteiger partial charge in [-0.3, -0.25) is 0 Å². The Balaban J connectivity index is 1.74. The summed E-state index contributed by atoms with van der Waals surface area (Å²) < 4.78 is 0. The molecule has 0 amide bonds. The second-order valence-electron chi connectivity index (χ2n) is 6.02. The van der Waals surface area contributed by atoms with Gasteiger partial charge in [0.1, 0.15) is 5.75 Å². The van der Waals surface area contributed by atoms with E-state index in [1.807, 2.05) is 12.1 Å². The highest BCUT2D eigenvalue weighted by atomic mass is 16.3. The number of piperidine rings is 1. The van der Waals surface area contributed by atoms with Crippen molar-refractivity contribution in [2.24, 2.45) is 0 Å². The highest BCUT2D eigenvalue weighted by molar-refractivity contribution is 5.33. The van der Waals surface area contributed by atoms with Gasteiger partial charge in [0.15, 0.2) is 0 Å². The lowest BCUT2D eigenvalue weighted by atomic mass is 9.64. The minimum atomic E-state index is 0.380. The van der Waals surface area contributed by atoms with Gasteiger partial charge in [-0.15, -0.1) is 0 Å². The van der Waals surface area contributed by atoms with Crippen LogP contribution in [0.2, 0.25) is 0 Å². The minimum absolute atomic E-state index is 0.380. The summed E-state index contributed by atoms with van der Waals surface area (Å²) in [6.07, 6.45) is 8.12. The van der Waals surface area contributed by atoms with Crippen molar-refractivity contribution < 1.29 is 5.11 Å². The molecule has 0 aromatic heterocycles. The van der Waals surface area contributed by atoms with Crippen LogP contribution in [0.15, 0.2) is 24.3 Å². The Morgan fingerprint density at radius 1 is 0.944 bits per heavy atom. The fraction of sp³-hybridized carbons (Fsp3) is 0.625. The molecule has 2 fully saturated rings. The van der Waals surface area contributed by atoms with E-state index in [0.29, 0.717) is 11.2 Å². The van der Waals surface area contributed by atoms with E-state index in [9.17, 15) is 5.11 Å². The second kappa shape index (κ2) is 4.93. The molecular formula is C16H23NO. The topological polar surface area (TPSA) is 23.5 Å². The molecule has 0 atom stereocenters. The van der Waals surface area contributed by atoms with Crippen LogP contribution in [0.25, 0.3) is 0 Å². The molecule has 1 heterocycles. The third-order valence-corrected chi connectivity index (χ3v) is 4.77. The lowest BCUT2D eigenvalue weighted by Gasteiger charge is -2.46. The van der Waals surface area contributed by atoms with Crippen molar-refractivity contribution in [3.8, 4) is 5.75 Å². The van der Waals surface area contributed by atoms with Gasteiger partial charge in [-0.2, -0.15) is 0 Å². The van der Waals surface area contributed by atoms with Crippen LogP contribution >= 0.6 is 0 Å². The first-order valence-electron chi connectivity index (χ1n) is 7.30. The molecule has 0 radical (unpaired) electrons. The molecule has 2 heteroatoms. The Hall–Kier alpha value is -1.02. The van der Waals surface area contributed by atoms with Gasteiger partial charge in [0.25, 0.3) is 0 Å². The van der Waals surface area contributed by atoms with Gasteiger partial charge in [0, 0.05) is 12.0 Å². The Kier molecular flexibility index (Phi) is 3.29. The van der Waals surface area contributed by atoms with Gasteiger partial charge >= 0.3 is 0 Å². The summed E-state index contributed by atoms with van der Waals surface area (Å²) in [5, 5.41) is 9.42. The molecule has 0 unspecified atom stereocenters. The predicted molar refractivity (Wildman–Crippen MR) is 73.9 cm³/mol. The van der Waals surface area contributed by atoms with Gasteiger partial charge in [-0.25, -0.2) is 0 Å². The van der Waals surface area contributed by atoms with Crippen LogP contribution in [0.1, 0.15) is 44.1 Å². The Morgan fingerprint density at radius 2 is 1.61 bits per heavy atom. The summed E-state index contributed by atoms with van der Waals surface area (Å²) in [5.41, 5.74) is 1.81. The normalized spacial score (nSPS) is 23.6. The van der Waals surface area contributed by atoms with E-state index >= 15 is 0 Å². The SMILES string of the molecule is Oc1ccc(C2(CN3CCCCC3)CCC2)cc1. The van der Waals surface area contributed by atoms with Crippen molar-refractivity contribution in [2.45, 2.75) is 43.9 Å². The zero-order valence-electron chi connectivity index (χ0n) is 11.1. The molecule has 18 heavy (non-hydrogen) atoms. The summed E-state index contributed by atoms with van der Waals surface area (Å²) in [6, 6.07) is 7.92. The fourth-order valence-corrected chi connectivity index (χ4v) is 3.50. The summed E-state index contributed by atoms with van der Waals surface area (Å²) in [4.78, 5) is 2.65. The van der Waals surface area contributed by atoms with Crippen LogP contribution in [-0.4, -0.2) is 29.6 Å². The minimum Gasteiger partial charge on any atom is -0.508 e. The van der Waals surface area contributed by atoms with Crippen molar-refractivity contribution in [1.29, 1.82) is 0 Å². The fourth-order valence-electron chi connectivity index (χ4n) is 3.50. The predicted octanol–water partition coefficient (Wildman–Crippen LogP) is 3.30. The van der Waals surface area contributed by atoms with Crippen LogP contribution in [0.3, 0.4) is 0 Å². The van der Waals surface area contributed by atoms with E-state index in [0.717, 1.165) is 0 Å². The molecule has 1 aromatic carbocycles. The number of rotatable bonds is 3. The second-order valence-corrected chi connectivity index (χ2v) is 6.02. The molecule has 2 nitrogen and oxygen atoms in total. The third-order valence-electron chi connectivity index (χ3n) is 4.77. The molecule has 0 bridgehead atoms. The summed E-state index contributed by atoms with van der Waals surface area (Å²) in [5.74, 6) is 0.381. The summed E-state index contributed by atoms with van der Waals surface area (Å²) in [7, 11) is 0. The number of hydrogen-bond acceptors (Lipinski definition) is 2. The first-order chi connectivity index (χ1) is 8.78. The molecule has 0 spiro atoms. The highest BCUT2D eigenvalue weighted by Crippen LogP contribution is 2.44. The molecule has 1 saturated heterocycles. The van der Waals surface area contributed by atoms with Gasteiger partial charge in [0.05, 0.1) is 0 Å². The van der Waals surface area contributed by atoms with Crippen LogP contribution in [-0.2, 0) is 5.41 Å². The van der Waals surface area contributed by atoms with Gasteiger partial charge < -0.3 is 10.0 Å². The Labute approximate surface area is 110 Å². The zero-order chi connectivity index (χ0) is 12.4. The number of aromatic hydroxyl groups is 1. The maximum Gasteiger partial charge on any atom is 0.115 e. The quantitative estimate of drug-likeness (QED) is 0.883. The highest BCUT2D eigenvalue weighted by Gasteiger charge is 2.40. The smallest absolute Gasteiger partial charge is 0.115 e. The van der Waals surface area contributed by atoms with Crippen molar-refractivity contribution >= 4 is 0 Å². The third kappa shape index (κ3) is 2.26. The van der Waals surface area contributed by atoms with Crippen LogP contribution < -0.4 is 0 Å². The van der Waals surface area contributed by atoms with E-state index in [1.54, 1.807) is 0 Å². The number of benzene rings is 1. The molecule has 3 rings (SSSR count). The van der Waals surface area contributed by atoms with Crippen molar-refractivity contribution in [1.82, 2.24) is 4.90 Å². The molecule has 1 aliphatic carbocycles. The summed E-state index contributed by atoms with van der Waals surface area (Å²) >= 11 is 0. The molecule has 1 aromatic rings. The van der Waals surface area contributed by atoms with Crippen molar-refractivity contribution in [3.63, 3.8) is 0 Å². The number of likely N-dealkylation sites (tertiary alicyclic amines) is 1. The first-order valence-corrected chi connectivity index (χ1v) is 7.30. The average Bonchev–Trinajstić information content (AvgIpc) is 2.36. The molecule has 1 saturated carbocycles. The van der Waals surface area contributed by atoms with Gasteiger partial charge in [-0.05, 0) is 56.5 Å². The van der Waals surface area contributed by atoms with Gasteiger partial charge in [-0.1, -0.05) is 25.0 Å². The van der Waals surface area contributed by atoms with Crippen LogP contribution in [0, 0.1) is 0 Å². The van der Waals surface area contributed by atoms with Crippen LogP contribution in [0.5, 0.6) is 5.75 Å². The van der Waals surface area contributed by atoms with Crippen molar-refractivity contribution in [2.75, 3.05) is 19.6 Å². The number of nitrogens with zero attached hydrogens (tertiary/aromatic N) is 1. The van der Waals surface area contributed by atoms with E-state index in [-0.39, 0.29) is 0 Å². The largest absolute Gasteiger partial charge is 0.508 e. The Morgan fingerprint density at radius 3 is 2.17 bits per heavy atom. The standard InChI is InChI=1S/C16H23NO/c18-15-7-5-14(6-8-15)16(9-4-10-16)13-17-11-2-1-3-12-17/h5-8,18H,1-4,9-13H2. The van der Waals surface area contributed by atoms with Crippen LogP contribution in [0.4, 0.5) is 0 Å². The maximum absolute atomic E-state index is 9.42. The van der Waals surface area contributed by atoms with Crippen molar-refractivity contribution in [3.05, 3.63) is 29.8 Å². The number of hydrogen-bond donors (Lipinski definition) is 1. The maximum atomic E-state index is 9.42. The Bertz CT molecular complexity index is 388. The first kappa shape index (κ1) is 12.0. The summed E-state index contributed by atoms with van der Waals surface area (Å²) in [6.45, 7) is 3.78. The molecule has 98 valence electrons. The number of phenols is 1. The van der Waals surface area contributed by atoms with E-state index < -0.39 is 0 Å². The van der Waals surface area contributed by atoms with E-state index in [4.69, 9.17) is 0 Å².